The fraction of sp³-hybridized carbons (Fsp3) is 0.750. The predicted molar refractivity (Wildman–Crippen MR) is 87.4 cm³/mol. The first-order valence-electron chi connectivity index (χ1n) is 7.79. The fourth-order valence-corrected chi connectivity index (χ4v) is 3.69. The number of rotatable bonds is 5. The van der Waals surface area contributed by atoms with E-state index in [1.807, 2.05) is 6.92 Å². The molecule has 22 heavy (non-hydrogen) atoms. The average molecular weight is 326 g/mol. The smallest absolute Gasteiger partial charge is 0.320 e. The molecule has 1 fully saturated rings. The van der Waals surface area contributed by atoms with E-state index < -0.39 is 12.0 Å². The minimum Gasteiger partial charge on any atom is -0.480 e. The molecule has 0 radical (unpaired) electrons. The van der Waals surface area contributed by atoms with Crippen LogP contribution in [0.3, 0.4) is 0 Å². The van der Waals surface area contributed by atoms with Crippen molar-refractivity contribution in [3.8, 4) is 0 Å². The molecule has 6 heteroatoms. The van der Waals surface area contributed by atoms with Gasteiger partial charge in [0.15, 0.2) is 0 Å². The topological polar surface area (TPSA) is 71.5 Å². The first-order chi connectivity index (χ1) is 10.3. The van der Waals surface area contributed by atoms with E-state index in [0.717, 1.165) is 28.4 Å². The molecule has 2 heterocycles. The van der Waals surface area contributed by atoms with Crippen molar-refractivity contribution in [2.75, 3.05) is 13.2 Å². The van der Waals surface area contributed by atoms with Crippen LogP contribution in [0, 0.1) is 12.8 Å². The van der Waals surface area contributed by atoms with Crippen LogP contribution in [0.15, 0.2) is 0 Å². The van der Waals surface area contributed by atoms with Crippen LogP contribution < -0.4 is 5.32 Å². The van der Waals surface area contributed by atoms with Crippen LogP contribution in [0.5, 0.6) is 0 Å². The molecule has 1 aliphatic heterocycles. The number of nitrogens with one attached hydrogen (secondary N) is 1. The molecule has 0 aliphatic carbocycles. The van der Waals surface area contributed by atoms with E-state index in [0.29, 0.717) is 19.8 Å². The largest absolute Gasteiger partial charge is 0.480 e. The number of nitrogens with zero attached hydrogens (tertiary/aromatic N) is 1. The number of hydrogen-bond donors (Lipinski definition) is 2. The molecule has 1 atom stereocenters. The normalized spacial score (nSPS) is 18.4. The summed E-state index contributed by atoms with van der Waals surface area (Å²) in [5.74, 6) is -0.633. The van der Waals surface area contributed by atoms with E-state index in [2.05, 4.69) is 31.1 Å². The fourth-order valence-electron chi connectivity index (χ4n) is 2.62. The number of carboxylic acids is 1. The van der Waals surface area contributed by atoms with Gasteiger partial charge >= 0.3 is 5.97 Å². The Kier molecular flexibility index (Phi) is 5.58. The maximum Gasteiger partial charge on any atom is 0.320 e. The molecule has 124 valence electrons. The molecule has 2 rings (SSSR count). The second kappa shape index (κ2) is 7.06. The van der Waals surface area contributed by atoms with Crippen molar-refractivity contribution in [3.05, 3.63) is 15.6 Å². The van der Waals surface area contributed by atoms with Gasteiger partial charge in [-0.25, -0.2) is 4.98 Å². The highest BCUT2D eigenvalue weighted by Crippen LogP contribution is 2.29. The van der Waals surface area contributed by atoms with Crippen LogP contribution in [0.2, 0.25) is 0 Å². The second-order valence-corrected chi connectivity index (χ2v) is 8.01. The summed E-state index contributed by atoms with van der Waals surface area (Å²) in [4.78, 5) is 17.3. The molecular formula is C16H26N2O3S. The average Bonchev–Trinajstić information content (AvgIpc) is 2.81. The number of thiazole rings is 1. The summed E-state index contributed by atoms with van der Waals surface area (Å²) in [5, 5.41) is 13.8. The summed E-state index contributed by atoms with van der Waals surface area (Å²) >= 11 is 1.68. The minimum atomic E-state index is -0.773. The van der Waals surface area contributed by atoms with Crippen molar-refractivity contribution in [2.24, 2.45) is 5.92 Å². The van der Waals surface area contributed by atoms with Crippen molar-refractivity contribution in [2.45, 2.75) is 58.5 Å². The molecule has 0 spiro atoms. The van der Waals surface area contributed by atoms with Gasteiger partial charge < -0.3 is 9.84 Å². The summed E-state index contributed by atoms with van der Waals surface area (Å²) in [6, 6.07) is -0.511. The van der Waals surface area contributed by atoms with Crippen molar-refractivity contribution >= 4 is 17.3 Å². The number of aryl methyl sites for hydroxylation is 1. The maximum absolute atomic E-state index is 11.6. The number of aliphatic carboxylic acids is 1. The molecule has 1 aromatic heterocycles. The molecular weight excluding hydrogens is 300 g/mol. The predicted octanol–water partition coefficient (Wildman–Crippen LogP) is 2.72. The van der Waals surface area contributed by atoms with Gasteiger partial charge in [0.05, 0.1) is 10.7 Å². The quantitative estimate of drug-likeness (QED) is 0.870. The highest BCUT2D eigenvalue weighted by molar-refractivity contribution is 7.11. The van der Waals surface area contributed by atoms with Crippen molar-refractivity contribution in [3.63, 3.8) is 0 Å². The molecule has 0 amide bonds. The minimum absolute atomic E-state index is 0.0284. The summed E-state index contributed by atoms with van der Waals surface area (Å²) in [6.07, 6.45) is 1.61. The van der Waals surface area contributed by atoms with Crippen LogP contribution in [-0.2, 0) is 21.5 Å². The highest BCUT2D eigenvalue weighted by Gasteiger charge is 2.30. The molecule has 1 aliphatic rings. The van der Waals surface area contributed by atoms with E-state index in [1.165, 1.54) is 0 Å². The zero-order valence-corrected chi connectivity index (χ0v) is 14.6. The van der Waals surface area contributed by atoms with Crippen LogP contribution in [0.4, 0.5) is 0 Å². The zero-order chi connectivity index (χ0) is 16.3. The lowest BCUT2D eigenvalue weighted by atomic mass is 9.92. The van der Waals surface area contributed by atoms with Gasteiger partial charge in [0.25, 0.3) is 0 Å². The third kappa shape index (κ3) is 4.27. The Morgan fingerprint density at radius 1 is 1.45 bits per heavy atom. The van der Waals surface area contributed by atoms with Crippen LogP contribution in [0.1, 0.15) is 49.2 Å². The highest BCUT2D eigenvalue weighted by atomic mass is 32.1. The van der Waals surface area contributed by atoms with Crippen LogP contribution in [0.25, 0.3) is 0 Å². The third-order valence-electron chi connectivity index (χ3n) is 4.02. The van der Waals surface area contributed by atoms with Crippen molar-refractivity contribution < 1.29 is 14.6 Å². The molecule has 0 unspecified atom stereocenters. The standard InChI is InChI=1S/C16H26N2O3S/c1-10-12(22-15(18-10)16(2,3)4)9-17-13(14(19)20)11-5-7-21-8-6-11/h11,13,17H,5-9H2,1-4H3,(H,19,20)/t13-/m0/s1. The Morgan fingerprint density at radius 2 is 2.09 bits per heavy atom. The number of carboxylic acid groups (broad SMARTS) is 1. The van der Waals surface area contributed by atoms with Gasteiger partial charge in [-0.2, -0.15) is 0 Å². The van der Waals surface area contributed by atoms with Gasteiger partial charge in [0.1, 0.15) is 6.04 Å². The molecule has 0 aromatic carbocycles. The van der Waals surface area contributed by atoms with E-state index in [-0.39, 0.29) is 11.3 Å². The first kappa shape index (κ1) is 17.4. The Labute approximate surface area is 136 Å². The van der Waals surface area contributed by atoms with Crippen LogP contribution in [-0.4, -0.2) is 35.3 Å². The molecule has 1 aromatic rings. The van der Waals surface area contributed by atoms with E-state index >= 15 is 0 Å². The number of ether oxygens (including phenoxy) is 1. The van der Waals surface area contributed by atoms with Gasteiger partial charge in [-0.05, 0) is 25.7 Å². The molecule has 5 nitrogen and oxygen atoms in total. The first-order valence-corrected chi connectivity index (χ1v) is 8.61. The lowest BCUT2D eigenvalue weighted by Gasteiger charge is -2.28. The summed E-state index contributed by atoms with van der Waals surface area (Å²) in [7, 11) is 0. The summed E-state index contributed by atoms with van der Waals surface area (Å²) in [6.45, 7) is 10.3. The number of aromatic nitrogens is 1. The molecule has 1 saturated heterocycles. The molecule has 0 bridgehead atoms. The summed E-state index contributed by atoms with van der Waals surface area (Å²) < 4.78 is 5.32. The maximum atomic E-state index is 11.6. The lowest BCUT2D eigenvalue weighted by molar-refractivity contribution is -0.142. The van der Waals surface area contributed by atoms with E-state index in [1.54, 1.807) is 11.3 Å². The molecule has 2 N–H and O–H groups in total. The Balaban J connectivity index is 2.03. The molecule has 0 saturated carbocycles. The van der Waals surface area contributed by atoms with E-state index in [4.69, 9.17) is 4.74 Å². The second-order valence-electron chi connectivity index (χ2n) is 6.92. The van der Waals surface area contributed by atoms with Gasteiger partial charge in [-0.3, -0.25) is 10.1 Å². The Hall–Kier alpha value is -0.980. The van der Waals surface area contributed by atoms with Gasteiger partial charge in [-0.1, -0.05) is 20.8 Å². The Morgan fingerprint density at radius 3 is 2.59 bits per heavy atom. The monoisotopic (exact) mass is 326 g/mol. The van der Waals surface area contributed by atoms with Gasteiger partial charge in [0.2, 0.25) is 0 Å². The van der Waals surface area contributed by atoms with Gasteiger partial charge in [0, 0.05) is 30.1 Å². The van der Waals surface area contributed by atoms with E-state index in [9.17, 15) is 9.90 Å². The third-order valence-corrected chi connectivity index (χ3v) is 5.60. The number of hydrogen-bond acceptors (Lipinski definition) is 5. The SMILES string of the molecule is Cc1nc(C(C)(C)C)sc1CN[C@H](C(=O)O)C1CCOCC1. The van der Waals surface area contributed by atoms with Gasteiger partial charge in [-0.15, -0.1) is 11.3 Å². The summed E-state index contributed by atoms with van der Waals surface area (Å²) in [5.41, 5.74) is 1.03. The van der Waals surface area contributed by atoms with Crippen molar-refractivity contribution in [1.82, 2.24) is 10.3 Å². The number of carbonyl (C=O) groups is 1. The van der Waals surface area contributed by atoms with Crippen LogP contribution >= 0.6 is 11.3 Å². The zero-order valence-electron chi connectivity index (χ0n) is 13.8. The lowest BCUT2D eigenvalue weighted by Crippen LogP contribution is -2.44. The Bertz CT molecular complexity index is 516. The van der Waals surface area contributed by atoms with Crippen molar-refractivity contribution in [1.29, 1.82) is 0 Å².